The van der Waals surface area contributed by atoms with Crippen LogP contribution >= 0.6 is 0 Å². The number of nitrogens with one attached hydrogen (secondary N) is 2. The summed E-state index contributed by atoms with van der Waals surface area (Å²) in [4.78, 5) is 46.0. The maximum atomic E-state index is 13.4. The highest BCUT2D eigenvalue weighted by Gasteiger charge is 2.21. The number of nitro benzene ring substituents is 1. The van der Waals surface area contributed by atoms with Crippen LogP contribution in [0.4, 0.5) is 11.4 Å². The molecular weight excluding hydrogens is 664 g/mol. The molecule has 2 amide bonds. The van der Waals surface area contributed by atoms with Crippen molar-refractivity contribution in [3.05, 3.63) is 82.4 Å². The van der Waals surface area contributed by atoms with Crippen molar-refractivity contribution < 1.29 is 23.9 Å². The zero-order chi connectivity index (χ0) is 36.3. The molecule has 52 heavy (non-hydrogen) atoms. The minimum absolute atomic E-state index is 0.107. The van der Waals surface area contributed by atoms with E-state index >= 15 is 0 Å². The average Bonchev–Trinajstić information content (AvgIpc) is 3.66. The van der Waals surface area contributed by atoms with Gasteiger partial charge < -0.3 is 20.3 Å². The van der Waals surface area contributed by atoms with E-state index in [2.05, 4.69) is 25.8 Å². The highest BCUT2D eigenvalue weighted by molar-refractivity contribution is 6.07. The van der Waals surface area contributed by atoms with Crippen LogP contribution < -0.4 is 15.4 Å². The number of amides is 2. The predicted octanol–water partition coefficient (Wildman–Crippen LogP) is 6.07. The lowest BCUT2D eigenvalue weighted by molar-refractivity contribution is -0.383. The van der Waals surface area contributed by atoms with Crippen molar-refractivity contribution in [2.75, 3.05) is 57.7 Å². The van der Waals surface area contributed by atoms with Crippen LogP contribution in [0.15, 0.2) is 71.4 Å². The van der Waals surface area contributed by atoms with Crippen LogP contribution in [-0.2, 0) is 4.79 Å². The summed E-state index contributed by atoms with van der Waals surface area (Å²) in [6.07, 6.45) is 4.85. The third kappa shape index (κ3) is 8.99. The largest absolute Gasteiger partial charge is 0.494 e. The summed E-state index contributed by atoms with van der Waals surface area (Å²) >= 11 is 0. The number of carbonyl (C=O) groups excluding carboxylic acids is 2. The second-order valence-electron chi connectivity index (χ2n) is 12.8. The van der Waals surface area contributed by atoms with Crippen LogP contribution in [0.1, 0.15) is 55.8 Å². The Morgan fingerprint density at radius 3 is 2.46 bits per heavy atom. The fourth-order valence-electron chi connectivity index (χ4n) is 6.48. The number of fused-ring (bicyclic) bond motifs is 2. The number of unbranched alkanes of at least 4 members (excludes halogenated alkanes) is 3. The molecule has 2 aromatic heterocycles. The number of non-ortho nitro benzene ring substituents is 1. The number of benzene rings is 3. The lowest BCUT2D eigenvalue weighted by Crippen LogP contribution is -2.48. The fraction of sp³-hybridized carbons (Fsp3) is 0.395. The Balaban J connectivity index is 0.865. The quantitative estimate of drug-likeness (QED) is 0.0653. The number of carbonyl (C=O) groups is 2. The fourth-order valence-corrected chi connectivity index (χ4v) is 6.48. The summed E-state index contributed by atoms with van der Waals surface area (Å²) in [5.41, 5.74) is 4.00. The molecule has 14 heteroatoms. The Labute approximate surface area is 301 Å². The Morgan fingerprint density at radius 2 is 1.67 bits per heavy atom. The SMILES string of the molecule is CCOc1ccc(-c2cc(C(=O)NCCCCN3CCN(C(=O)CCCCCNc4ccc([N+](=O)[O-])c5nonc45)CC3)c3ccccc3n2)cc1. The molecule has 3 heterocycles. The lowest BCUT2D eigenvalue weighted by atomic mass is 10.0. The number of anilines is 1. The first-order valence-electron chi connectivity index (χ1n) is 18.0. The summed E-state index contributed by atoms with van der Waals surface area (Å²) in [6, 6.07) is 20.3. The average molecular weight is 709 g/mol. The van der Waals surface area contributed by atoms with Crippen LogP contribution in [0, 0.1) is 10.1 Å². The number of aromatic nitrogens is 3. The van der Waals surface area contributed by atoms with E-state index in [0.717, 1.165) is 92.7 Å². The standard InChI is InChI=1S/C38H44N8O6/c1-2-51-28-15-13-27(14-16-28)33-26-30(29-10-5-6-11-31(29)41-33)38(48)40-20-8-9-21-44-22-24-45(25-23-44)35(47)12-4-3-7-19-39-32-17-18-34(46(49)50)37-36(32)42-52-43-37/h5-6,10-11,13-18,26,39H,2-4,7-9,12,19-25H2,1H3,(H,40,48). The van der Waals surface area contributed by atoms with Crippen molar-refractivity contribution >= 4 is 45.1 Å². The van der Waals surface area contributed by atoms with Gasteiger partial charge in [0.1, 0.15) is 5.75 Å². The van der Waals surface area contributed by atoms with E-state index in [1.807, 2.05) is 66.4 Å². The molecule has 0 bridgehead atoms. The molecule has 0 aliphatic carbocycles. The molecule has 1 aliphatic heterocycles. The van der Waals surface area contributed by atoms with Gasteiger partial charge in [-0.25, -0.2) is 9.61 Å². The van der Waals surface area contributed by atoms with Gasteiger partial charge in [-0.2, -0.15) is 0 Å². The first-order valence-corrected chi connectivity index (χ1v) is 18.0. The second kappa shape index (κ2) is 17.5. The van der Waals surface area contributed by atoms with Crippen molar-refractivity contribution in [3.8, 4) is 17.0 Å². The molecule has 0 saturated carbocycles. The Kier molecular flexibility index (Phi) is 12.2. The van der Waals surface area contributed by atoms with Crippen molar-refractivity contribution in [2.45, 2.75) is 45.4 Å². The molecule has 2 N–H and O–H groups in total. The van der Waals surface area contributed by atoms with Gasteiger partial charge in [0, 0.05) is 62.7 Å². The van der Waals surface area contributed by atoms with Gasteiger partial charge >= 0.3 is 5.69 Å². The number of nitrogens with zero attached hydrogens (tertiary/aromatic N) is 6. The highest BCUT2D eigenvalue weighted by Crippen LogP contribution is 2.29. The number of hydrogen-bond acceptors (Lipinski definition) is 11. The molecule has 0 spiro atoms. The normalized spacial score (nSPS) is 13.4. The molecule has 14 nitrogen and oxygen atoms in total. The van der Waals surface area contributed by atoms with Crippen molar-refractivity contribution in [3.63, 3.8) is 0 Å². The van der Waals surface area contributed by atoms with Gasteiger partial charge in [0.15, 0.2) is 5.52 Å². The maximum Gasteiger partial charge on any atom is 0.300 e. The molecule has 1 aliphatic rings. The number of piperazine rings is 1. The van der Waals surface area contributed by atoms with E-state index in [1.165, 1.54) is 6.07 Å². The van der Waals surface area contributed by atoms with Gasteiger partial charge in [-0.15, -0.1) is 0 Å². The Hall–Kier alpha value is -5.63. The molecule has 1 saturated heterocycles. The maximum absolute atomic E-state index is 13.4. The molecular formula is C38H44N8O6. The van der Waals surface area contributed by atoms with Crippen LogP contribution in [0.3, 0.4) is 0 Å². The zero-order valence-corrected chi connectivity index (χ0v) is 29.4. The first-order chi connectivity index (χ1) is 25.4. The first kappa shape index (κ1) is 36.2. The molecule has 0 atom stereocenters. The summed E-state index contributed by atoms with van der Waals surface area (Å²) in [5.74, 6) is 0.881. The van der Waals surface area contributed by atoms with Crippen molar-refractivity contribution in [2.24, 2.45) is 0 Å². The van der Waals surface area contributed by atoms with Gasteiger partial charge in [0.2, 0.25) is 11.4 Å². The molecule has 3 aromatic carbocycles. The van der Waals surface area contributed by atoms with Crippen LogP contribution in [0.5, 0.6) is 5.75 Å². The van der Waals surface area contributed by atoms with Gasteiger partial charge in [0.05, 0.1) is 34.0 Å². The molecule has 5 aromatic rings. The van der Waals surface area contributed by atoms with Crippen molar-refractivity contribution in [1.29, 1.82) is 0 Å². The minimum atomic E-state index is -0.510. The molecule has 0 unspecified atom stereocenters. The molecule has 6 rings (SSSR count). The monoisotopic (exact) mass is 708 g/mol. The van der Waals surface area contributed by atoms with E-state index in [4.69, 9.17) is 14.3 Å². The van der Waals surface area contributed by atoms with Gasteiger partial charge in [0.25, 0.3) is 5.91 Å². The third-order valence-electron chi connectivity index (χ3n) is 9.31. The van der Waals surface area contributed by atoms with E-state index in [-0.39, 0.29) is 23.0 Å². The summed E-state index contributed by atoms with van der Waals surface area (Å²) in [6.45, 7) is 7.85. The number of ether oxygens (including phenoxy) is 1. The van der Waals surface area contributed by atoms with Gasteiger partial charge in [-0.3, -0.25) is 24.6 Å². The molecule has 1 fully saturated rings. The zero-order valence-electron chi connectivity index (χ0n) is 29.4. The van der Waals surface area contributed by atoms with Crippen LogP contribution in [0.2, 0.25) is 0 Å². The van der Waals surface area contributed by atoms with E-state index in [0.29, 0.717) is 42.9 Å². The van der Waals surface area contributed by atoms with Crippen molar-refractivity contribution in [1.82, 2.24) is 30.4 Å². The van der Waals surface area contributed by atoms with Gasteiger partial charge in [-0.05, 0) is 91.9 Å². The topological polar surface area (TPSA) is 169 Å². The van der Waals surface area contributed by atoms with E-state index < -0.39 is 4.92 Å². The van der Waals surface area contributed by atoms with Gasteiger partial charge in [-0.1, -0.05) is 24.6 Å². The molecule has 272 valence electrons. The number of para-hydroxylation sites is 1. The van der Waals surface area contributed by atoms with Crippen LogP contribution in [-0.4, -0.2) is 94.3 Å². The number of pyridine rings is 1. The van der Waals surface area contributed by atoms with E-state index in [1.54, 1.807) is 6.07 Å². The van der Waals surface area contributed by atoms with E-state index in [9.17, 15) is 19.7 Å². The molecule has 0 radical (unpaired) electrons. The Morgan fingerprint density at radius 1 is 0.904 bits per heavy atom. The lowest BCUT2D eigenvalue weighted by Gasteiger charge is -2.34. The number of nitro groups is 1. The smallest absolute Gasteiger partial charge is 0.300 e. The summed E-state index contributed by atoms with van der Waals surface area (Å²) < 4.78 is 10.3. The summed E-state index contributed by atoms with van der Waals surface area (Å²) in [7, 11) is 0. The predicted molar refractivity (Wildman–Crippen MR) is 198 cm³/mol. The second-order valence-corrected chi connectivity index (χ2v) is 12.8. The number of rotatable bonds is 17. The highest BCUT2D eigenvalue weighted by atomic mass is 16.6. The van der Waals surface area contributed by atoms with Crippen LogP contribution in [0.25, 0.3) is 33.2 Å². The Bertz CT molecular complexity index is 1990. The number of hydrogen-bond donors (Lipinski definition) is 2. The third-order valence-corrected chi connectivity index (χ3v) is 9.31. The minimum Gasteiger partial charge on any atom is -0.494 e. The summed E-state index contributed by atoms with van der Waals surface area (Å²) in [5, 5.41) is 25.8.